The first-order valence-corrected chi connectivity index (χ1v) is 6.86. The average Bonchev–Trinajstić information content (AvgIpc) is 2.28. The minimum atomic E-state index is -0.298. The van der Waals surface area contributed by atoms with Crippen molar-refractivity contribution in [3.05, 3.63) is 30.3 Å². The van der Waals surface area contributed by atoms with Crippen LogP contribution < -0.4 is 0 Å². The standard InChI is InChI=1S/C14H19NOS/c1-14(2,3)12(16)10-13(17-4)15-11-8-6-5-7-9-11/h5-9H,10H2,1-4H3. The van der Waals surface area contributed by atoms with Crippen LogP contribution in [-0.2, 0) is 4.79 Å². The van der Waals surface area contributed by atoms with E-state index in [1.165, 1.54) is 11.8 Å². The molecule has 1 aromatic carbocycles. The monoisotopic (exact) mass is 249 g/mol. The highest BCUT2D eigenvalue weighted by Crippen LogP contribution is 2.21. The number of aliphatic imine (C=N–C) groups is 1. The van der Waals surface area contributed by atoms with Gasteiger partial charge in [0.05, 0.1) is 17.2 Å². The van der Waals surface area contributed by atoms with Crippen molar-refractivity contribution >= 4 is 28.3 Å². The third kappa shape index (κ3) is 4.73. The molecule has 0 spiro atoms. The van der Waals surface area contributed by atoms with Gasteiger partial charge < -0.3 is 0 Å². The molecule has 1 rings (SSSR count). The van der Waals surface area contributed by atoms with Gasteiger partial charge in [0, 0.05) is 5.41 Å². The van der Waals surface area contributed by atoms with Crippen molar-refractivity contribution in [3.63, 3.8) is 0 Å². The third-order valence-corrected chi connectivity index (χ3v) is 3.10. The van der Waals surface area contributed by atoms with Gasteiger partial charge in [-0.25, -0.2) is 4.99 Å². The number of hydrogen-bond donors (Lipinski definition) is 0. The van der Waals surface area contributed by atoms with Crippen molar-refractivity contribution in [2.75, 3.05) is 6.26 Å². The van der Waals surface area contributed by atoms with E-state index in [2.05, 4.69) is 4.99 Å². The van der Waals surface area contributed by atoms with Crippen LogP contribution in [0.15, 0.2) is 35.3 Å². The highest BCUT2D eigenvalue weighted by Gasteiger charge is 2.22. The maximum Gasteiger partial charge on any atom is 0.144 e. The SMILES string of the molecule is CSC(CC(=O)C(C)(C)C)=Nc1ccccc1. The molecule has 0 radical (unpaired) electrons. The van der Waals surface area contributed by atoms with Gasteiger partial charge >= 0.3 is 0 Å². The van der Waals surface area contributed by atoms with E-state index in [4.69, 9.17) is 0 Å². The molecular weight excluding hydrogens is 230 g/mol. The van der Waals surface area contributed by atoms with E-state index in [0.29, 0.717) is 6.42 Å². The molecule has 17 heavy (non-hydrogen) atoms. The summed E-state index contributed by atoms with van der Waals surface area (Å²) < 4.78 is 0. The van der Waals surface area contributed by atoms with Gasteiger partial charge in [-0.05, 0) is 18.4 Å². The zero-order valence-electron chi connectivity index (χ0n) is 10.9. The van der Waals surface area contributed by atoms with Crippen molar-refractivity contribution in [1.82, 2.24) is 0 Å². The van der Waals surface area contributed by atoms with E-state index in [-0.39, 0.29) is 11.2 Å². The Labute approximate surface area is 108 Å². The number of nitrogens with zero attached hydrogens (tertiary/aromatic N) is 1. The van der Waals surface area contributed by atoms with E-state index in [1.54, 1.807) is 0 Å². The van der Waals surface area contributed by atoms with Crippen LogP contribution >= 0.6 is 11.8 Å². The molecule has 0 atom stereocenters. The van der Waals surface area contributed by atoms with E-state index < -0.39 is 0 Å². The Balaban J connectivity index is 2.80. The first-order chi connectivity index (χ1) is 7.93. The van der Waals surface area contributed by atoms with Crippen LogP contribution in [0.25, 0.3) is 0 Å². The van der Waals surface area contributed by atoms with Crippen molar-refractivity contribution < 1.29 is 4.79 Å². The van der Waals surface area contributed by atoms with Crippen molar-refractivity contribution in [3.8, 4) is 0 Å². The number of carbonyl (C=O) groups excluding carboxylic acids is 1. The molecule has 1 aromatic rings. The fourth-order valence-corrected chi connectivity index (χ4v) is 1.68. The molecule has 92 valence electrons. The maximum absolute atomic E-state index is 11.9. The Kier molecular flexibility index (Phi) is 4.94. The zero-order chi connectivity index (χ0) is 12.9. The Morgan fingerprint density at radius 3 is 2.29 bits per heavy atom. The quantitative estimate of drug-likeness (QED) is 0.596. The fraction of sp³-hybridized carbons (Fsp3) is 0.429. The fourth-order valence-electron chi connectivity index (χ4n) is 1.21. The lowest BCUT2D eigenvalue weighted by molar-refractivity contribution is -0.124. The Hall–Kier alpha value is -1.09. The molecule has 0 saturated carbocycles. The summed E-state index contributed by atoms with van der Waals surface area (Å²) in [5.41, 5.74) is 0.603. The van der Waals surface area contributed by atoms with Crippen LogP contribution in [-0.4, -0.2) is 17.1 Å². The molecule has 0 N–H and O–H groups in total. The number of thioether (sulfide) groups is 1. The second kappa shape index (κ2) is 6.01. The van der Waals surface area contributed by atoms with Gasteiger partial charge in [0.15, 0.2) is 0 Å². The zero-order valence-corrected chi connectivity index (χ0v) is 11.7. The number of ketones is 1. The number of benzene rings is 1. The molecule has 0 heterocycles. The van der Waals surface area contributed by atoms with Gasteiger partial charge in [-0.3, -0.25) is 4.79 Å². The summed E-state index contributed by atoms with van der Waals surface area (Å²) in [4.78, 5) is 16.4. The Bertz CT molecular complexity index is 404. The number of carbonyl (C=O) groups is 1. The molecular formula is C14H19NOS. The molecule has 0 aromatic heterocycles. The predicted octanol–water partition coefficient (Wildman–Crippen LogP) is 4.08. The van der Waals surface area contributed by atoms with E-state index >= 15 is 0 Å². The van der Waals surface area contributed by atoms with E-state index in [9.17, 15) is 4.79 Å². The first kappa shape index (κ1) is 14.0. The molecule has 0 saturated heterocycles. The van der Waals surface area contributed by atoms with Gasteiger partial charge in [-0.2, -0.15) is 0 Å². The Morgan fingerprint density at radius 1 is 1.24 bits per heavy atom. The molecule has 0 fully saturated rings. The number of hydrogen-bond acceptors (Lipinski definition) is 3. The van der Waals surface area contributed by atoms with Crippen molar-refractivity contribution in [2.45, 2.75) is 27.2 Å². The van der Waals surface area contributed by atoms with E-state index in [0.717, 1.165) is 10.7 Å². The molecule has 0 aliphatic rings. The van der Waals surface area contributed by atoms with Crippen LogP contribution in [0.3, 0.4) is 0 Å². The van der Waals surface area contributed by atoms with Crippen LogP contribution in [0.4, 0.5) is 5.69 Å². The minimum Gasteiger partial charge on any atom is -0.299 e. The van der Waals surface area contributed by atoms with Gasteiger partial charge in [0.25, 0.3) is 0 Å². The Morgan fingerprint density at radius 2 is 1.82 bits per heavy atom. The topological polar surface area (TPSA) is 29.4 Å². The normalized spacial score (nSPS) is 12.6. The molecule has 0 aliphatic heterocycles. The smallest absolute Gasteiger partial charge is 0.144 e. The molecule has 2 nitrogen and oxygen atoms in total. The van der Waals surface area contributed by atoms with Gasteiger partial charge in [-0.1, -0.05) is 39.0 Å². The molecule has 0 aliphatic carbocycles. The van der Waals surface area contributed by atoms with Gasteiger partial charge in [0.1, 0.15) is 5.78 Å². The summed E-state index contributed by atoms with van der Waals surface area (Å²) in [7, 11) is 0. The lowest BCUT2D eigenvalue weighted by Crippen LogP contribution is -2.22. The molecule has 0 amide bonds. The molecule has 0 unspecified atom stereocenters. The predicted molar refractivity (Wildman–Crippen MR) is 76.1 cm³/mol. The number of rotatable bonds is 3. The molecule has 3 heteroatoms. The van der Waals surface area contributed by atoms with Crippen LogP contribution in [0.1, 0.15) is 27.2 Å². The lowest BCUT2D eigenvalue weighted by atomic mass is 9.89. The lowest BCUT2D eigenvalue weighted by Gasteiger charge is -2.16. The number of Topliss-reactive ketones (excluding diaryl/α,β-unsaturated/α-hetero) is 1. The summed E-state index contributed by atoms with van der Waals surface area (Å²) in [6.07, 6.45) is 2.37. The average molecular weight is 249 g/mol. The summed E-state index contributed by atoms with van der Waals surface area (Å²) in [5, 5.41) is 0.871. The van der Waals surface area contributed by atoms with Gasteiger partial charge in [-0.15, -0.1) is 11.8 Å². The molecule has 0 bridgehead atoms. The largest absolute Gasteiger partial charge is 0.299 e. The van der Waals surface area contributed by atoms with Gasteiger partial charge in [0.2, 0.25) is 0 Å². The highest BCUT2D eigenvalue weighted by molar-refractivity contribution is 8.13. The summed E-state index contributed by atoms with van der Waals surface area (Å²) in [6, 6.07) is 9.73. The summed E-state index contributed by atoms with van der Waals surface area (Å²) >= 11 is 1.54. The van der Waals surface area contributed by atoms with Crippen LogP contribution in [0, 0.1) is 5.41 Å². The summed E-state index contributed by atoms with van der Waals surface area (Å²) in [5.74, 6) is 0.224. The highest BCUT2D eigenvalue weighted by atomic mass is 32.2. The second-order valence-electron chi connectivity index (χ2n) is 4.90. The van der Waals surface area contributed by atoms with Crippen molar-refractivity contribution in [1.29, 1.82) is 0 Å². The van der Waals surface area contributed by atoms with Crippen LogP contribution in [0.2, 0.25) is 0 Å². The minimum absolute atomic E-state index is 0.224. The second-order valence-corrected chi connectivity index (χ2v) is 5.77. The maximum atomic E-state index is 11.9. The van der Waals surface area contributed by atoms with E-state index in [1.807, 2.05) is 57.4 Å². The summed E-state index contributed by atoms with van der Waals surface area (Å²) in [6.45, 7) is 5.82. The van der Waals surface area contributed by atoms with Crippen molar-refractivity contribution in [2.24, 2.45) is 10.4 Å². The third-order valence-electron chi connectivity index (χ3n) is 2.39. The first-order valence-electron chi connectivity index (χ1n) is 5.63. The van der Waals surface area contributed by atoms with Crippen LogP contribution in [0.5, 0.6) is 0 Å². The number of para-hydroxylation sites is 1.